The van der Waals surface area contributed by atoms with Crippen molar-refractivity contribution in [1.29, 1.82) is 0 Å². The molecular weight excluding hydrogens is 369 g/mol. The lowest BCUT2D eigenvalue weighted by Gasteiger charge is -2.15. The lowest BCUT2D eigenvalue weighted by molar-refractivity contribution is -0.137. The van der Waals surface area contributed by atoms with Crippen molar-refractivity contribution in [3.63, 3.8) is 0 Å². The zero-order valence-electron chi connectivity index (χ0n) is 14.0. The summed E-state index contributed by atoms with van der Waals surface area (Å²) in [7, 11) is 0. The van der Waals surface area contributed by atoms with Crippen LogP contribution in [0.25, 0.3) is 0 Å². The molecule has 0 aliphatic heterocycles. The Balaban J connectivity index is 1.96. The summed E-state index contributed by atoms with van der Waals surface area (Å²) >= 11 is 5.62. The van der Waals surface area contributed by atoms with Gasteiger partial charge in [-0.1, -0.05) is 23.7 Å². The number of ether oxygens (including phenoxy) is 1. The average Bonchev–Trinajstić information content (AvgIpc) is 2.57. The number of carbonyl (C=O) groups excluding carboxylic acids is 1. The van der Waals surface area contributed by atoms with Crippen molar-refractivity contribution < 1.29 is 22.7 Å². The van der Waals surface area contributed by atoms with Crippen LogP contribution in [0, 0.1) is 0 Å². The largest absolute Gasteiger partial charge is 0.492 e. The highest BCUT2D eigenvalue weighted by molar-refractivity contribution is 6.30. The molecule has 1 amide bonds. The van der Waals surface area contributed by atoms with E-state index in [1.165, 1.54) is 6.07 Å². The first-order chi connectivity index (χ1) is 12.3. The molecule has 0 saturated carbocycles. The van der Waals surface area contributed by atoms with Gasteiger partial charge in [-0.3, -0.25) is 4.79 Å². The minimum Gasteiger partial charge on any atom is -0.492 e. The molecule has 0 atom stereocenters. The molecule has 4 nitrogen and oxygen atoms in total. The van der Waals surface area contributed by atoms with Crippen molar-refractivity contribution in [3.8, 4) is 5.75 Å². The number of amides is 1. The zero-order chi connectivity index (χ0) is 19.2. The number of rotatable bonds is 7. The van der Waals surface area contributed by atoms with E-state index in [0.29, 0.717) is 18.0 Å². The average molecular weight is 387 g/mol. The molecule has 26 heavy (non-hydrogen) atoms. The fourth-order valence-electron chi connectivity index (χ4n) is 2.28. The van der Waals surface area contributed by atoms with E-state index in [0.717, 1.165) is 12.1 Å². The lowest BCUT2D eigenvalue weighted by Crippen LogP contribution is -2.19. The van der Waals surface area contributed by atoms with E-state index in [-0.39, 0.29) is 23.7 Å². The maximum absolute atomic E-state index is 13.0. The van der Waals surface area contributed by atoms with E-state index in [9.17, 15) is 18.0 Å². The highest BCUT2D eigenvalue weighted by atomic mass is 35.5. The van der Waals surface area contributed by atoms with Crippen molar-refractivity contribution >= 4 is 28.9 Å². The Morgan fingerprint density at radius 1 is 1.15 bits per heavy atom. The third-order valence-electron chi connectivity index (χ3n) is 3.42. The molecule has 0 fully saturated rings. The van der Waals surface area contributed by atoms with Crippen LogP contribution in [0.3, 0.4) is 0 Å². The van der Waals surface area contributed by atoms with Crippen LogP contribution in [0.2, 0.25) is 5.02 Å². The Morgan fingerprint density at radius 3 is 2.58 bits per heavy atom. The van der Waals surface area contributed by atoms with Gasteiger partial charge in [0.2, 0.25) is 5.91 Å². The molecule has 140 valence electrons. The molecule has 0 aliphatic carbocycles. The van der Waals surface area contributed by atoms with Gasteiger partial charge < -0.3 is 15.4 Å². The molecule has 2 N–H and O–H groups in total. The van der Waals surface area contributed by atoms with Gasteiger partial charge in [-0.2, -0.15) is 13.2 Å². The Hall–Kier alpha value is -2.41. The number of anilines is 2. The highest BCUT2D eigenvalue weighted by Crippen LogP contribution is 2.36. The van der Waals surface area contributed by atoms with Crippen molar-refractivity contribution in [2.24, 2.45) is 0 Å². The molecule has 0 spiro atoms. The highest BCUT2D eigenvalue weighted by Gasteiger charge is 2.34. The standard InChI is InChI=1S/C18H18ClF3N2O2/c1-2-26-16-6-4-3-5-15(16)23-10-9-17(25)24-14-8-7-12(19)11-13(14)18(20,21)22/h3-8,11,23H,2,9-10H2,1H3,(H,24,25). The van der Waals surface area contributed by atoms with Gasteiger partial charge in [0.05, 0.1) is 23.5 Å². The number of halogens is 4. The van der Waals surface area contributed by atoms with Crippen molar-refractivity contribution in [2.75, 3.05) is 23.8 Å². The van der Waals surface area contributed by atoms with Gasteiger partial charge in [-0.25, -0.2) is 0 Å². The normalized spacial score (nSPS) is 11.1. The van der Waals surface area contributed by atoms with Crippen LogP contribution in [-0.2, 0) is 11.0 Å². The number of hydrogen-bond acceptors (Lipinski definition) is 3. The predicted octanol–water partition coefficient (Wildman–Crippen LogP) is 5.20. The number of hydrogen-bond donors (Lipinski definition) is 2. The van der Waals surface area contributed by atoms with Gasteiger partial charge in [0, 0.05) is 18.0 Å². The molecule has 2 aromatic carbocycles. The summed E-state index contributed by atoms with van der Waals surface area (Å²) in [5, 5.41) is 5.27. The minimum absolute atomic E-state index is 0.0135. The zero-order valence-corrected chi connectivity index (χ0v) is 14.7. The second-order valence-electron chi connectivity index (χ2n) is 5.34. The Bertz CT molecular complexity index is 766. The van der Waals surface area contributed by atoms with E-state index in [1.807, 2.05) is 19.1 Å². The predicted molar refractivity (Wildman–Crippen MR) is 95.8 cm³/mol. The maximum atomic E-state index is 13.0. The van der Waals surface area contributed by atoms with Crippen LogP contribution in [0.1, 0.15) is 18.9 Å². The van der Waals surface area contributed by atoms with Crippen molar-refractivity contribution in [1.82, 2.24) is 0 Å². The van der Waals surface area contributed by atoms with Crippen LogP contribution in [0.15, 0.2) is 42.5 Å². The van der Waals surface area contributed by atoms with E-state index < -0.39 is 17.6 Å². The summed E-state index contributed by atoms with van der Waals surface area (Å²) in [5.41, 5.74) is -0.584. The summed E-state index contributed by atoms with van der Waals surface area (Å²) in [6.07, 6.45) is -4.62. The molecule has 0 unspecified atom stereocenters. The van der Waals surface area contributed by atoms with Crippen LogP contribution in [0.4, 0.5) is 24.5 Å². The number of benzene rings is 2. The molecule has 2 aromatic rings. The number of para-hydroxylation sites is 2. The monoisotopic (exact) mass is 386 g/mol. The van der Waals surface area contributed by atoms with Crippen LogP contribution in [0.5, 0.6) is 5.75 Å². The molecule has 0 saturated heterocycles. The molecule has 0 heterocycles. The second kappa shape index (κ2) is 8.80. The molecular formula is C18H18ClF3N2O2. The summed E-state index contributed by atoms with van der Waals surface area (Å²) in [5.74, 6) is 0.103. The molecule has 2 rings (SSSR count). The van der Waals surface area contributed by atoms with Gasteiger partial charge in [0.15, 0.2) is 0 Å². The third kappa shape index (κ3) is 5.56. The fourth-order valence-corrected chi connectivity index (χ4v) is 2.45. The van der Waals surface area contributed by atoms with E-state index in [4.69, 9.17) is 16.3 Å². The Kier molecular flexibility index (Phi) is 6.74. The number of alkyl halides is 3. The van der Waals surface area contributed by atoms with Gasteiger partial charge >= 0.3 is 6.18 Å². The van der Waals surface area contributed by atoms with Crippen LogP contribution in [-0.4, -0.2) is 19.1 Å². The number of carbonyl (C=O) groups is 1. The summed E-state index contributed by atoms with van der Waals surface area (Å²) < 4.78 is 44.6. The van der Waals surface area contributed by atoms with Gasteiger partial charge in [0.25, 0.3) is 0 Å². The summed E-state index contributed by atoms with van der Waals surface area (Å²) in [6, 6.07) is 10.4. The minimum atomic E-state index is -4.61. The summed E-state index contributed by atoms with van der Waals surface area (Å²) in [6.45, 7) is 2.59. The molecule has 0 aliphatic rings. The summed E-state index contributed by atoms with van der Waals surface area (Å²) in [4.78, 5) is 12.0. The fraction of sp³-hybridized carbons (Fsp3) is 0.278. The maximum Gasteiger partial charge on any atom is 0.418 e. The second-order valence-corrected chi connectivity index (χ2v) is 5.78. The molecule has 8 heteroatoms. The van der Waals surface area contributed by atoms with Gasteiger partial charge in [-0.15, -0.1) is 0 Å². The SMILES string of the molecule is CCOc1ccccc1NCCC(=O)Nc1ccc(Cl)cc1C(F)(F)F. The van der Waals surface area contributed by atoms with Gasteiger partial charge in [0.1, 0.15) is 5.75 Å². The molecule has 0 aromatic heterocycles. The third-order valence-corrected chi connectivity index (χ3v) is 3.65. The lowest BCUT2D eigenvalue weighted by atomic mass is 10.1. The van der Waals surface area contributed by atoms with Gasteiger partial charge in [-0.05, 0) is 37.3 Å². The van der Waals surface area contributed by atoms with E-state index >= 15 is 0 Å². The first-order valence-corrected chi connectivity index (χ1v) is 8.31. The van der Waals surface area contributed by atoms with Crippen molar-refractivity contribution in [2.45, 2.75) is 19.5 Å². The smallest absolute Gasteiger partial charge is 0.418 e. The quantitative estimate of drug-likeness (QED) is 0.687. The van der Waals surface area contributed by atoms with Crippen LogP contribution >= 0.6 is 11.6 Å². The molecule has 0 radical (unpaired) electrons. The topological polar surface area (TPSA) is 50.4 Å². The van der Waals surface area contributed by atoms with Crippen molar-refractivity contribution in [3.05, 3.63) is 53.1 Å². The van der Waals surface area contributed by atoms with Crippen LogP contribution < -0.4 is 15.4 Å². The first kappa shape index (κ1) is 19.9. The number of nitrogens with one attached hydrogen (secondary N) is 2. The van der Waals surface area contributed by atoms with E-state index in [1.54, 1.807) is 12.1 Å². The Labute approximate surface area is 154 Å². The molecule has 0 bridgehead atoms. The Morgan fingerprint density at radius 2 is 1.88 bits per heavy atom. The van der Waals surface area contributed by atoms with E-state index in [2.05, 4.69) is 10.6 Å². The first-order valence-electron chi connectivity index (χ1n) is 7.93.